The van der Waals surface area contributed by atoms with Gasteiger partial charge >= 0.3 is 5.97 Å². The molecule has 5 nitrogen and oxygen atoms in total. The van der Waals surface area contributed by atoms with Crippen molar-refractivity contribution in [1.82, 2.24) is 4.90 Å². The summed E-state index contributed by atoms with van der Waals surface area (Å²) in [5, 5.41) is 3.47. The summed E-state index contributed by atoms with van der Waals surface area (Å²) in [6.07, 6.45) is 3.78. The van der Waals surface area contributed by atoms with Crippen molar-refractivity contribution in [2.45, 2.75) is 31.3 Å². The number of hydrogen-bond acceptors (Lipinski definition) is 5. The lowest BCUT2D eigenvalue weighted by Crippen LogP contribution is -2.28. The van der Waals surface area contributed by atoms with E-state index >= 15 is 0 Å². The molecule has 3 rings (SSSR count). The average molecular weight is 275 g/mol. The Morgan fingerprint density at radius 2 is 2.20 bits per heavy atom. The van der Waals surface area contributed by atoms with E-state index in [9.17, 15) is 4.79 Å². The lowest BCUT2D eigenvalue weighted by molar-refractivity contribution is 0.0602. The molecule has 3 N–H and O–H groups in total. The van der Waals surface area contributed by atoms with Crippen LogP contribution in [0.1, 0.15) is 29.6 Å². The van der Waals surface area contributed by atoms with E-state index in [2.05, 4.69) is 10.2 Å². The van der Waals surface area contributed by atoms with Gasteiger partial charge in [0.25, 0.3) is 0 Å². The number of ether oxygens (including phenoxy) is 1. The minimum Gasteiger partial charge on any atom is -0.465 e. The molecule has 0 radical (unpaired) electrons. The average Bonchev–Trinajstić information content (AvgIpc) is 3.20. The Labute approximate surface area is 119 Å². The zero-order chi connectivity index (χ0) is 14.1. The number of rotatable bonds is 4. The third-order valence-corrected chi connectivity index (χ3v) is 4.09. The monoisotopic (exact) mass is 275 g/mol. The van der Waals surface area contributed by atoms with Gasteiger partial charge in [0.1, 0.15) is 0 Å². The maximum Gasteiger partial charge on any atom is 0.340 e. The van der Waals surface area contributed by atoms with Crippen molar-refractivity contribution >= 4 is 17.3 Å². The molecule has 2 fully saturated rings. The summed E-state index contributed by atoms with van der Waals surface area (Å²) in [6, 6.07) is 6.53. The minimum absolute atomic E-state index is 0.350. The van der Waals surface area contributed by atoms with Gasteiger partial charge in [-0.3, -0.25) is 4.90 Å². The number of esters is 1. The van der Waals surface area contributed by atoms with Crippen LogP contribution in [-0.4, -0.2) is 43.2 Å². The van der Waals surface area contributed by atoms with Crippen LogP contribution in [0.25, 0.3) is 0 Å². The van der Waals surface area contributed by atoms with E-state index in [4.69, 9.17) is 10.5 Å². The first kappa shape index (κ1) is 13.2. The Morgan fingerprint density at radius 3 is 2.90 bits per heavy atom. The summed E-state index contributed by atoms with van der Waals surface area (Å²) < 4.78 is 4.82. The molecular formula is C15H21N3O2. The van der Waals surface area contributed by atoms with Gasteiger partial charge in [-0.05, 0) is 37.5 Å². The van der Waals surface area contributed by atoms with E-state index in [1.807, 2.05) is 12.1 Å². The van der Waals surface area contributed by atoms with Crippen molar-refractivity contribution in [3.05, 3.63) is 23.8 Å². The zero-order valence-corrected chi connectivity index (χ0v) is 11.8. The molecule has 1 heterocycles. The molecule has 1 atom stereocenters. The van der Waals surface area contributed by atoms with Crippen molar-refractivity contribution in [3.8, 4) is 0 Å². The van der Waals surface area contributed by atoms with Gasteiger partial charge in [-0.25, -0.2) is 4.79 Å². The number of carbonyl (C=O) groups excluding carboxylic acids is 1. The number of benzene rings is 1. The second-order valence-electron chi connectivity index (χ2n) is 5.65. The van der Waals surface area contributed by atoms with Crippen LogP contribution >= 0.6 is 0 Å². The molecule has 1 saturated carbocycles. The van der Waals surface area contributed by atoms with Crippen molar-refractivity contribution < 1.29 is 9.53 Å². The Hall–Kier alpha value is -1.75. The van der Waals surface area contributed by atoms with Gasteiger partial charge in [0.05, 0.1) is 12.7 Å². The standard InChI is InChI=1S/C15H21N3O2/c1-20-15(19)13-8-10(16)2-5-14(13)17-11-6-7-18(9-11)12-3-4-12/h2,5,8,11-12,17H,3-4,6-7,9,16H2,1H3. The fourth-order valence-corrected chi connectivity index (χ4v) is 2.86. The molecule has 0 spiro atoms. The second kappa shape index (κ2) is 5.32. The Balaban J connectivity index is 1.71. The number of nitrogens with two attached hydrogens (primary N) is 1. The summed E-state index contributed by atoms with van der Waals surface area (Å²) in [4.78, 5) is 14.3. The molecule has 108 valence electrons. The normalized spacial score (nSPS) is 22.8. The van der Waals surface area contributed by atoms with E-state index in [1.54, 1.807) is 6.07 Å². The van der Waals surface area contributed by atoms with Gasteiger partial charge in [0.2, 0.25) is 0 Å². The molecule has 2 aliphatic rings. The highest BCUT2D eigenvalue weighted by molar-refractivity contribution is 5.96. The molecule has 1 saturated heterocycles. The molecule has 1 unspecified atom stereocenters. The highest BCUT2D eigenvalue weighted by atomic mass is 16.5. The van der Waals surface area contributed by atoms with Crippen LogP contribution in [0.3, 0.4) is 0 Å². The van der Waals surface area contributed by atoms with Crippen LogP contribution in [0.4, 0.5) is 11.4 Å². The number of methoxy groups -OCH3 is 1. The zero-order valence-electron chi connectivity index (χ0n) is 11.8. The summed E-state index contributed by atoms with van der Waals surface area (Å²) in [7, 11) is 1.39. The second-order valence-corrected chi connectivity index (χ2v) is 5.65. The van der Waals surface area contributed by atoms with Gasteiger partial charge in [0.15, 0.2) is 0 Å². The molecule has 20 heavy (non-hydrogen) atoms. The molecule has 0 bridgehead atoms. The maximum absolute atomic E-state index is 11.8. The summed E-state index contributed by atoms with van der Waals surface area (Å²) in [5.74, 6) is -0.350. The van der Waals surface area contributed by atoms with Crippen LogP contribution in [-0.2, 0) is 4.74 Å². The molecule has 1 aromatic carbocycles. The lowest BCUT2D eigenvalue weighted by Gasteiger charge is -2.18. The SMILES string of the molecule is COC(=O)c1cc(N)ccc1NC1CCN(C2CC2)C1. The number of hydrogen-bond donors (Lipinski definition) is 2. The lowest BCUT2D eigenvalue weighted by atomic mass is 10.1. The topological polar surface area (TPSA) is 67.6 Å². The molecule has 0 amide bonds. The van der Waals surface area contributed by atoms with E-state index in [0.29, 0.717) is 17.3 Å². The summed E-state index contributed by atoms with van der Waals surface area (Å²) >= 11 is 0. The molecule has 0 aromatic heterocycles. The van der Waals surface area contributed by atoms with E-state index in [0.717, 1.165) is 31.2 Å². The van der Waals surface area contributed by atoms with Crippen molar-refractivity contribution in [1.29, 1.82) is 0 Å². The molecular weight excluding hydrogens is 254 g/mol. The highest BCUT2D eigenvalue weighted by Crippen LogP contribution is 2.31. The smallest absolute Gasteiger partial charge is 0.340 e. The summed E-state index contributed by atoms with van der Waals surface area (Å²) in [6.45, 7) is 2.19. The third-order valence-electron chi connectivity index (χ3n) is 4.09. The van der Waals surface area contributed by atoms with Gasteiger partial charge in [-0.15, -0.1) is 0 Å². The number of nitrogens with one attached hydrogen (secondary N) is 1. The van der Waals surface area contributed by atoms with E-state index in [1.165, 1.54) is 20.0 Å². The predicted octanol–water partition coefficient (Wildman–Crippen LogP) is 1.70. The van der Waals surface area contributed by atoms with Gasteiger partial charge in [0, 0.05) is 36.5 Å². The number of carbonyl (C=O) groups is 1. The highest BCUT2D eigenvalue weighted by Gasteiger charge is 2.34. The molecule has 5 heteroatoms. The molecule has 1 aliphatic carbocycles. The van der Waals surface area contributed by atoms with Gasteiger partial charge < -0.3 is 15.8 Å². The quantitative estimate of drug-likeness (QED) is 0.646. The Bertz CT molecular complexity index is 514. The number of nitrogens with zero attached hydrogens (tertiary/aromatic N) is 1. The number of anilines is 2. The van der Waals surface area contributed by atoms with Gasteiger partial charge in [-0.2, -0.15) is 0 Å². The summed E-state index contributed by atoms with van der Waals surface area (Å²) in [5.41, 5.74) is 7.65. The first-order chi connectivity index (χ1) is 9.67. The van der Waals surface area contributed by atoms with E-state index in [-0.39, 0.29) is 5.97 Å². The fourth-order valence-electron chi connectivity index (χ4n) is 2.86. The predicted molar refractivity (Wildman–Crippen MR) is 78.8 cm³/mol. The Kier molecular flexibility index (Phi) is 3.53. The van der Waals surface area contributed by atoms with Crippen LogP contribution in [0, 0.1) is 0 Å². The maximum atomic E-state index is 11.8. The first-order valence-corrected chi connectivity index (χ1v) is 7.16. The van der Waals surface area contributed by atoms with Crippen LogP contribution < -0.4 is 11.1 Å². The number of likely N-dealkylation sites (tertiary alicyclic amines) is 1. The first-order valence-electron chi connectivity index (χ1n) is 7.16. The largest absolute Gasteiger partial charge is 0.465 e. The van der Waals surface area contributed by atoms with Crippen molar-refractivity contribution in [3.63, 3.8) is 0 Å². The fraction of sp³-hybridized carbons (Fsp3) is 0.533. The molecule has 1 aliphatic heterocycles. The van der Waals surface area contributed by atoms with Crippen LogP contribution in [0.15, 0.2) is 18.2 Å². The van der Waals surface area contributed by atoms with Gasteiger partial charge in [-0.1, -0.05) is 0 Å². The number of nitrogen functional groups attached to an aromatic ring is 1. The van der Waals surface area contributed by atoms with Crippen molar-refractivity contribution in [2.75, 3.05) is 31.2 Å². The minimum atomic E-state index is -0.350. The van der Waals surface area contributed by atoms with E-state index < -0.39 is 0 Å². The third kappa shape index (κ3) is 2.72. The van der Waals surface area contributed by atoms with Crippen LogP contribution in [0.2, 0.25) is 0 Å². The Morgan fingerprint density at radius 1 is 1.40 bits per heavy atom. The van der Waals surface area contributed by atoms with Crippen LogP contribution in [0.5, 0.6) is 0 Å². The van der Waals surface area contributed by atoms with Crippen molar-refractivity contribution in [2.24, 2.45) is 0 Å². The molecule has 1 aromatic rings.